The standard InChI is InChI=1S/C20H27N9OS/c30-19(27-29-10-21-11-31-29)16-5-2-8-28(16)20-22-14-4-1-3-13(14)18(24-20)23-17-9-15(25-26-17)12-6-7-12/h9,12,16,21H,1-8,10-11H2,(H,27,30)(H2,22,23,24,25,26)/t16-/m0/s1. The lowest BCUT2D eigenvalue weighted by molar-refractivity contribution is -0.125. The van der Waals surface area contributed by atoms with Gasteiger partial charge in [0.25, 0.3) is 5.91 Å². The van der Waals surface area contributed by atoms with Gasteiger partial charge in [0.05, 0.1) is 18.2 Å². The molecule has 3 fully saturated rings. The van der Waals surface area contributed by atoms with Gasteiger partial charge < -0.3 is 10.2 Å². The Morgan fingerprint density at radius 1 is 1.19 bits per heavy atom. The lowest BCUT2D eigenvalue weighted by Gasteiger charge is -2.26. The van der Waals surface area contributed by atoms with Crippen LogP contribution in [0, 0.1) is 0 Å². The van der Waals surface area contributed by atoms with E-state index in [1.807, 2.05) is 4.41 Å². The Bertz CT molecular complexity index is 985. The van der Waals surface area contributed by atoms with Crippen molar-refractivity contribution in [2.75, 3.05) is 29.3 Å². The summed E-state index contributed by atoms with van der Waals surface area (Å²) in [6.07, 6.45) is 7.24. The van der Waals surface area contributed by atoms with Gasteiger partial charge in [-0.2, -0.15) is 10.1 Å². The number of H-pyrrole nitrogens is 1. The molecule has 1 saturated carbocycles. The third-order valence-corrected chi connectivity index (χ3v) is 7.27. The fourth-order valence-electron chi connectivity index (χ4n) is 4.64. The van der Waals surface area contributed by atoms with Crippen LogP contribution in [0.4, 0.5) is 17.6 Å². The van der Waals surface area contributed by atoms with Gasteiger partial charge in [-0.25, -0.2) is 4.98 Å². The summed E-state index contributed by atoms with van der Waals surface area (Å²) in [7, 11) is 0. The highest BCUT2D eigenvalue weighted by Gasteiger charge is 2.35. The first-order chi connectivity index (χ1) is 15.2. The summed E-state index contributed by atoms with van der Waals surface area (Å²) in [6, 6.07) is 1.84. The average molecular weight is 442 g/mol. The number of carbonyl (C=O) groups excluding carboxylic acids is 1. The van der Waals surface area contributed by atoms with Gasteiger partial charge in [-0.1, -0.05) is 0 Å². The molecule has 164 valence electrons. The van der Waals surface area contributed by atoms with Crippen LogP contribution in [0.2, 0.25) is 0 Å². The van der Waals surface area contributed by atoms with Gasteiger partial charge in [-0.15, -0.1) is 4.41 Å². The minimum Gasteiger partial charge on any atom is -0.329 e. The molecule has 0 bridgehead atoms. The SMILES string of the molecule is O=C(NN1CNCS1)[C@@H]1CCCN1c1nc2c(c(Nc3cc(C4CC4)[nH]n3)n1)CCC2. The topological polar surface area (TPSA) is 114 Å². The highest BCUT2D eigenvalue weighted by atomic mass is 32.2. The Morgan fingerprint density at radius 3 is 2.97 bits per heavy atom. The smallest absolute Gasteiger partial charge is 0.257 e. The predicted molar refractivity (Wildman–Crippen MR) is 119 cm³/mol. The Balaban J connectivity index is 1.25. The maximum Gasteiger partial charge on any atom is 0.257 e. The minimum atomic E-state index is -0.250. The third-order valence-electron chi connectivity index (χ3n) is 6.41. The van der Waals surface area contributed by atoms with Crippen molar-refractivity contribution in [1.29, 1.82) is 0 Å². The number of nitrogens with one attached hydrogen (secondary N) is 4. The van der Waals surface area contributed by atoms with E-state index in [4.69, 9.17) is 9.97 Å². The van der Waals surface area contributed by atoms with Crippen LogP contribution in [-0.2, 0) is 17.6 Å². The van der Waals surface area contributed by atoms with Crippen molar-refractivity contribution < 1.29 is 4.79 Å². The maximum absolute atomic E-state index is 12.9. The summed E-state index contributed by atoms with van der Waals surface area (Å²) >= 11 is 1.58. The van der Waals surface area contributed by atoms with Crippen molar-refractivity contribution in [3.63, 3.8) is 0 Å². The zero-order valence-electron chi connectivity index (χ0n) is 17.4. The third kappa shape index (κ3) is 3.85. The Labute approximate surface area is 185 Å². The first-order valence-electron chi connectivity index (χ1n) is 11.1. The van der Waals surface area contributed by atoms with Gasteiger partial charge in [0, 0.05) is 29.8 Å². The quantitative estimate of drug-likeness (QED) is 0.498. The van der Waals surface area contributed by atoms with E-state index in [-0.39, 0.29) is 11.9 Å². The van der Waals surface area contributed by atoms with Crippen molar-refractivity contribution in [2.24, 2.45) is 0 Å². The van der Waals surface area contributed by atoms with E-state index in [2.05, 4.69) is 37.2 Å². The molecule has 2 aromatic heterocycles. The van der Waals surface area contributed by atoms with Crippen LogP contribution >= 0.6 is 11.9 Å². The lowest BCUT2D eigenvalue weighted by Crippen LogP contribution is -2.48. The second-order valence-electron chi connectivity index (χ2n) is 8.65. The number of nitrogens with zero attached hydrogens (tertiary/aromatic N) is 5. The highest BCUT2D eigenvalue weighted by Crippen LogP contribution is 2.40. The fraction of sp³-hybridized carbons (Fsp3) is 0.600. The van der Waals surface area contributed by atoms with Crippen molar-refractivity contribution in [3.05, 3.63) is 23.0 Å². The lowest BCUT2D eigenvalue weighted by atomic mass is 10.2. The summed E-state index contributed by atoms with van der Waals surface area (Å²) in [5.74, 6) is 3.72. The molecule has 1 atom stereocenters. The second-order valence-corrected chi connectivity index (χ2v) is 9.63. The van der Waals surface area contributed by atoms with E-state index in [1.54, 1.807) is 11.9 Å². The number of amides is 1. The van der Waals surface area contributed by atoms with E-state index >= 15 is 0 Å². The number of rotatable bonds is 6. The molecule has 4 heterocycles. The van der Waals surface area contributed by atoms with Crippen LogP contribution < -0.4 is 21.0 Å². The number of anilines is 3. The van der Waals surface area contributed by atoms with Crippen molar-refractivity contribution in [2.45, 2.75) is 56.9 Å². The Morgan fingerprint density at radius 2 is 2.13 bits per heavy atom. The van der Waals surface area contributed by atoms with Crippen LogP contribution in [0.15, 0.2) is 6.07 Å². The molecule has 2 aliphatic carbocycles. The van der Waals surface area contributed by atoms with E-state index in [1.165, 1.54) is 24.1 Å². The summed E-state index contributed by atoms with van der Waals surface area (Å²) in [4.78, 5) is 24.8. The molecule has 10 nitrogen and oxygen atoms in total. The van der Waals surface area contributed by atoms with Crippen LogP contribution in [-0.4, -0.2) is 55.6 Å². The van der Waals surface area contributed by atoms with Gasteiger partial charge in [0.2, 0.25) is 5.95 Å². The molecule has 4 aliphatic rings. The fourth-order valence-corrected chi connectivity index (χ4v) is 5.32. The number of aromatic nitrogens is 4. The number of hydrogen-bond donors (Lipinski definition) is 4. The Kier molecular flexibility index (Phi) is 4.96. The molecule has 2 aromatic rings. The van der Waals surface area contributed by atoms with Crippen LogP contribution in [0.25, 0.3) is 0 Å². The highest BCUT2D eigenvalue weighted by molar-refractivity contribution is 7.97. The van der Waals surface area contributed by atoms with E-state index in [9.17, 15) is 4.79 Å². The van der Waals surface area contributed by atoms with E-state index in [0.717, 1.165) is 61.9 Å². The van der Waals surface area contributed by atoms with Crippen LogP contribution in [0.3, 0.4) is 0 Å². The van der Waals surface area contributed by atoms with Crippen molar-refractivity contribution in [1.82, 2.24) is 35.3 Å². The number of carbonyl (C=O) groups is 1. The molecule has 1 amide bonds. The second kappa shape index (κ2) is 7.95. The predicted octanol–water partition coefficient (Wildman–Crippen LogP) is 1.78. The van der Waals surface area contributed by atoms with Crippen LogP contribution in [0.5, 0.6) is 0 Å². The van der Waals surface area contributed by atoms with Crippen LogP contribution in [0.1, 0.15) is 55.0 Å². The van der Waals surface area contributed by atoms with Gasteiger partial charge >= 0.3 is 0 Å². The molecule has 2 aliphatic heterocycles. The summed E-state index contributed by atoms with van der Waals surface area (Å²) in [5, 5.41) is 14.2. The number of fused-ring (bicyclic) bond motifs is 1. The molecule has 2 saturated heterocycles. The number of aryl methyl sites for hydroxylation is 1. The first-order valence-corrected chi connectivity index (χ1v) is 12.1. The molecule has 11 heteroatoms. The van der Waals surface area contributed by atoms with Crippen molar-refractivity contribution in [3.8, 4) is 0 Å². The summed E-state index contributed by atoms with van der Waals surface area (Å²) < 4.78 is 1.85. The maximum atomic E-state index is 12.9. The van der Waals surface area contributed by atoms with Crippen molar-refractivity contribution >= 4 is 35.4 Å². The number of aromatic amines is 1. The molecular weight excluding hydrogens is 414 g/mol. The van der Waals surface area contributed by atoms with Gasteiger partial charge in [-0.05, 0) is 56.9 Å². The minimum absolute atomic E-state index is 0.00804. The van der Waals surface area contributed by atoms with Gasteiger partial charge in [0.1, 0.15) is 11.9 Å². The summed E-state index contributed by atoms with van der Waals surface area (Å²) in [5.41, 5.74) is 6.48. The molecule has 0 spiro atoms. The molecule has 0 aromatic carbocycles. The average Bonchev–Trinajstić information content (AvgIpc) is 3.27. The molecule has 4 N–H and O–H groups in total. The summed E-state index contributed by atoms with van der Waals surface area (Å²) in [6.45, 7) is 1.44. The Hall–Kier alpha value is -2.37. The number of hydrogen-bond acceptors (Lipinski definition) is 9. The molecule has 0 unspecified atom stereocenters. The normalized spacial score (nSPS) is 23.4. The molecular formula is C20H27N9OS. The largest absolute Gasteiger partial charge is 0.329 e. The van der Waals surface area contributed by atoms with E-state index in [0.29, 0.717) is 18.5 Å². The molecule has 6 rings (SSSR count). The zero-order chi connectivity index (χ0) is 20.8. The molecule has 0 radical (unpaired) electrons. The zero-order valence-corrected chi connectivity index (χ0v) is 18.2. The van der Waals surface area contributed by atoms with E-state index < -0.39 is 0 Å². The van der Waals surface area contributed by atoms with Gasteiger partial charge in [-0.3, -0.25) is 20.6 Å². The molecule has 31 heavy (non-hydrogen) atoms. The first kappa shape index (κ1) is 19.3. The number of hydrazine groups is 1. The van der Waals surface area contributed by atoms with Gasteiger partial charge in [0.15, 0.2) is 5.82 Å². The monoisotopic (exact) mass is 441 g/mol.